The summed E-state index contributed by atoms with van der Waals surface area (Å²) < 4.78 is 6.37. The molecule has 1 fully saturated rings. The second-order valence-electron chi connectivity index (χ2n) is 4.79. The van der Waals surface area contributed by atoms with Crippen molar-refractivity contribution < 1.29 is 9.53 Å². The van der Waals surface area contributed by atoms with Crippen molar-refractivity contribution in [3.05, 3.63) is 34.3 Å². The van der Waals surface area contributed by atoms with E-state index in [-0.39, 0.29) is 18.0 Å². The highest BCUT2D eigenvalue weighted by Crippen LogP contribution is 2.17. The monoisotopic (exact) mass is 326 g/mol. The van der Waals surface area contributed by atoms with Crippen LogP contribution in [0.25, 0.3) is 0 Å². The summed E-state index contributed by atoms with van der Waals surface area (Å²) in [7, 11) is 0. The zero-order valence-electron chi connectivity index (χ0n) is 11.0. The number of ether oxygens (including phenoxy) is 1. The van der Waals surface area contributed by atoms with E-state index >= 15 is 0 Å². The van der Waals surface area contributed by atoms with Crippen molar-refractivity contribution in [1.29, 1.82) is 0 Å². The average Bonchev–Trinajstić information content (AvgIpc) is 2.42. The van der Waals surface area contributed by atoms with Gasteiger partial charge in [-0.05, 0) is 25.0 Å². The number of rotatable bonds is 4. The molecule has 1 heterocycles. The lowest BCUT2D eigenvalue weighted by Crippen LogP contribution is -2.53. The molecule has 0 radical (unpaired) electrons. The zero-order chi connectivity index (χ0) is 13.7. The van der Waals surface area contributed by atoms with Gasteiger partial charge in [0.05, 0.1) is 13.2 Å². The van der Waals surface area contributed by atoms with Gasteiger partial charge in [-0.2, -0.15) is 0 Å². The molecule has 1 amide bonds. The first-order valence-electron chi connectivity index (χ1n) is 6.51. The van der Waals surface area contributed by atoms with E-state index < -0.39 is 0 Å². The third-order valence-corrected chi connectivity index (χ3v) is 3.88. The van der Waals surface area contributed by atoms with Crippen LogP contribution in [0.1, 0.15) is 12.5 Å². The molecule has 1 aromatic carbocycles. The van der Waals surface area contributed by atoms with Crippen LogP contribution in [-0.4, -0.2) is 37.7 Å². The molecule has 0 aromatic heterocycles. The fraction of sp³-hybridized carbons (Fsp3) is 0.500. The number of hydrogen-bond acceptors (Lipinski definition) is 3. The molecule has 1 aliphatic rings. The van der Waals surface area contributed by atoms with Gasteiger partial charge < -0.3 is 15.4 Å². The number of hydrogen-bond donors (Lipinski definition) is 2. The van der Waals surface area contributed by atoms with Crippen molar-refractivity contribution in [2.45, 2.75) is 25.4 Å². The average molecular weight is 327 g/mol. The minimum atomic E-state index is -0.226. The lowest BCUT2D eigenvalue weighted by Gasteiger charge is -2.25. The van der Waals surface area contributed by atoms with E-state index in [0.29, 0.717) is 13.2 Å². The molecule has 2 rings (SSSR count). The Morgan fingerprint density at radius 2 is 2.37 bits per heavy atom. The number of morpholine rings is 1. The van der Waals surface area contributed by atoms with E-state index in [9.17, 15) is 4.79 Å². The normalized spacial score (nSPS) is 20.8. The Kier molecular flexibility index (Phi) is 5.36. The zero-order valence-corrected chi connectivity index (χ0v) is 12.6. The molecule has 2 atom stereocenters. The highest BCUT2D eigenvalue weighted by Gasteiger charge is 2.22. The van der Waals surface area contributed by atoms with E-state index in [2.05, 4.69) is 32.6 Å². The maximum absolute atomic E-state index is 12.0. The molecule has 0 spiro atoms. The minimum absolute atomic E-state index is 0.0132. The van der Waals surface area contributed by atoms with Gasteiger partial charge >= 0.3 is 0 Å². The SMILES string of the molecule is CC(Cc1ccccc1Br)NC(=O)C1COCCN1. The van der Waals surface area contributed by atoms with Crippen molar-refractivity contribution in [1.82, 2.24) is 10.6 Å². The summed E-state index contributed by atoms with van der Waals surface area (Å²) in [5.74, 6) is 0.0132. The first-order valence-corrected chi connectivity index (χ1v) is 7.31. The molecular formula is C14H19BrN2O2. The van der Waals surface area contributed by atoms with Crippen LogP contribution in [0.3, 0.4) is 0 Å². The number of benzene rings is 1. The van der Waals surface area contributed by atoms with Crippen LogP contribution in [0.5, 0.6) is 0 Å². The molecule has 1 aliphatic heterocycles. The molecule has 5 heteroatoms. The predicted octanol–water partition coefficient (Wildman–Crippen LogP) is 1.48. The lowest BCUT2D eigenvalue weighted by molar-refractivity contribution is -0.126. The molecule has 1 saturated heterocycles. The highest BCUT2D eigenvalue weighted by atomic mass is 79.9. The summed E-state index contributed by atoms with van der Waals surface area (Å²) >= 11 is 3.52. The van der Waals surface area contributed by atoms with Gasteiger partial charge in [0.1, 0.15) is 6.04 Å². The van der Waals surface area contributed by atoms with Crippen LogP contribution in [0.15, 0.2) is 28.7 Å². The molecule has 2 unspecified atom stereocenters. The van der Waals surface area contributed by atoms with Crippen LogP contribution < -0.4 is 10.6 Å². The largest absolute Gasteiger partial charge is 0.378 e. The number of amides is 1. The van der Waals surface area contributed by atoms with Gasteiger partial charge in [0.15, 0.2) is 0 Å². The van der Waals surface area contributed by atoms with Gasteiger partial charge in [0.25, 0.3) is 0 Å². The second kappa shape index (κ2) is 7.03. The summed E-state index contributed by atoms with van der Waals surface area (Å²) in [6, 6.07) is 7.94. The lowest BCUT2D eigenvalue weighted by atomic mass is 10.1. The van der Waals surface area contributed by atoms with Crippen LogP contribution in [0, 0.1) is 0 Å². The Labute approximate surface area is 122 Å². The van der Waals surface area contributed by atoms with E-state index in [1.165, 1.54) is 5.56 Å². The van der Waals surface area contributed by atoms with Crippen molar-refractivity contribution in [3.63, 3.8) is 0 Å². The third-order valence-electron chi connectivity index (χ3n) is 3.11. The van der Waals surface area contributed by atoms with Crippen molar-refractivity contribution in [3.8, 4) is 0 Å². The van der Waals surface area contributed by atoms with E-state index in [1.54, 1.807) is 0 Å². The maximum atomic E-state index is 12.0. The van der Waals surface area contributed by atoms with Gasteiger partial charge in [0, 0.05) is 17.1 Å². The Bertz CT molecular complexity index is 433. The summed E-state index contributed by atoms with van der Waals surface area (Å²) in [4.78, 5) is 12.0. The standard InChI is InChI=1S/C14H19BrN2O2/c1-10(8-11-4-2-3-5-12(11)15)17-14(18)13-9-19-7-6-16-13/h2-5,10,13,16H,6-9H2,1H3,(H,17,18). The molecule has 104 valence electrons. The predicted molar refractivity (Wildman–Crippen MR) is 78.1 cm³/mol. The van der Waals surface area contributed by atoms with Crippen LogP contribution in [-0.2, 0) is 16.0 Å². The topological polar surface area (TPSA) is 50.4 Å². The van der Waals surface area contributed by atoms with Gasteiger partial charge in [0.2, 0.25) is 5.91 Å². The smallest absolute Gasteiger partial charge is 0.239 e. The highest BCUT2D eigenvalue weighted by molar-refractivity contribution is 9.10. The number of carbonyl (C=O) groups excluding carboxylic acids is 1. The van der Waals surface area contributed by atoms with Crippen molar-refractivity contribution in [2.75, 3.05) is 19.8 Å². The van der Waals surface area contributed by atoms with Crippen LogP contribution in [0.2, 0.25) is 0 Å². The molecule has 0 bridgehead atoms. The molecule has 19 heavy (non-hydrogen) atoms. The minimum Gasteiger partial charge on any atom is -0.378 e. The Balaban J connectivity index is 1.85. The second-order valence-corrected chi connectivity index (χ2v) is 5.64. The molecule has 2 N–H and O–H groups in total. The van der Waals surface area contributed by atoms with Gasteiger partial charge in [-0.25, -0.2) is 0 Å². The first kappa shape index (κ1) is 14.5. The molecule has 0 aliphatic carbocycles. The van der Waals surface area contributed by atoms with Gasteiger partial charge in [-0.1, -0.05) is 34.1 Å². The van der Waals surface area contributed by atoms with Gasteiger partial charge in [-0.15, -0.1) is 0 Å². The van der Waals surface area contributed by atoms with Crippen LogP contribution in [0.4, 0.5) is 0 Å². The van der Waals surface area contributed by atoms with E-state index in [4.69, 9.17) is 4.74 Å². The molecule has 0 saturated carbocycles. The fourth-order valence-electron chi connectivity index (χ4n) is 2.12. The quantitative estimate of drug-likeness (QED) is 0.881. The summed E-state index contributed by atoms with van der Waals surface area (Å²) in [6.07, 6.45) is 0.806. The van der Waals surface area contributed by atoms with Crippen molar-refractivity contribution >= 4 is 21.8 Å². The number of nitrogens with one attached hydrogen (secondary N) is 2. The molecular weight excluding hydrogens is 308 g/mol. The van der Waals surface area contributed by atoms with E-state index in [0.717, 1.165) is 17.4 Å². The van der Waals surface area contributed by atoms with E-state index in [1.807, 2.05) is 25.1 Å². The Morgan fingerprint density at radius 1 is 1.58 bits per heavy atom. The van der Waals surface area contributed by atoms with Gasteiger partial charge in [-0.3, -0.25) is 4.79 Å². The Morgan fingerprint density at radius 3 is 3.05 bits per heavy atom. The van der Waals surface area contributed by atoms with Crippen molar-refractivity contribution in [2.24, 2.45) is 0 Å². The fourth-order valence-corrected chi connectivity index (χ4v) is 2.57. The number of carbonyl (C=O) groups is 1. The molecule has 1 aromatic rings. The molecule has 4 nitrogen and oxygen atoms in total. The maximum Gasteiger partial charge on any atom is 0.239 e. The Hall–Kier alpha value is -0.910. The first-order chi connectivity index (χ1) is 9.16. The summed E-state index contributed by atoms with van der Waals surface area (Å²) in [5.41, 5.74) is 1.20. The number of halogens is 1. The summed E-state index contributed by atoms with van der Waals surface area (Å²) in [5, 5.41) is 6.18. The summed E-state index contributed by atoms with van der Waals surface area (Å²) in [6.45, 7) is 3.88. The third kappa shape index (κ3) is 4.30. The van der Waals surface area contributed by atoms with Crippen LogP contribution >= 0.6 is 15.9 Å².